The zero-order chi connectivity index (χ0) is 13.2. The third-order valence-corrected chi connectivity index (χ3v) is 2.38. The number of aromatic nitrogens is 1. The highest BCUT2D eigenvalue weighted by molar-refractivity contribution is 14.1. The topological polar surface area (TPSA) is 59.4 Å². The van der Waals surface area contributed by atoms with Crippen LogP contribution < -0.4 is 4.74 Å². The van der Waals surface area contributed by atoms with Crippen molar-refractivity contribution < 1.29 is 32.2 Å². The number of rotatable bonds is 3. The minimum atomic E-state index is -4.96. The Morgan fingerprint density at radius 2 is 2.12 bits per heavy atom. The molecule has 0 bridgehead atoms. The van der Waals surface area contributed by atoms with Crippen molar-refractivity contribution in [2.24, 2.45) is 0 Å². The van der Waals surface area contributed by atoms with Crippen molar-refractivity contribution in [3.05, 3.63) is 21.0 Å². The second kappa shape index (κ2) is 5.02. The molecule has 94 valence electrons. The van der Waals surface area contributed by atoms with Crippen LogP contribution in [0.4, 0.5) is 17.6 Å². The molecular formula is C8H4F4INO3. The van der Waals surface area contributed by atoms with Gasteiger partial charge in [0.05, 0.1) is 11.3 Å². The maximum atomic E-state index is 12.4. The first kappa shape index (κ1) is 13.9. The SMILES string of the molecule is O=C(O)c1cc(OC(F)(F)F)c(I)nc1CF. The summed E-state index contributed by atoms with van der Waals surface area (Å²) >= 11 is 1.39. The summed E-state index contributed by atoms with van der Waals surface area (Å²) in [5.41, 5.74) is -1.11. The predicted octanol–water partition coefficient (Wildman–Crippen LogP) is 2.75. The Bertz CT molecular complexity index is 449. The van der Waals surface area contributed by atoms with E-state index in [0.717, 1.165) is 0 Å². The number of halogens is 5. The Morgan fingerprint density at radius 1 is 1.53 bits per heavy atom. The molecule has 4 nitrogen and oxygen atoms in total. The minimum absolute atomic E-state index is 0.266. The van der Waals surface area contributed by atoms with E-state index in [-0.39, 0.29) is 3.70 Å². The van der Waals surface area contributed by atoms with Gasteiger partial charge in [0.15, 0.2) is 5.75 Å². The van der Waals surface area contributed by atoms with Gasteiger partial charge in [-0.1, -0.05) is 0 Å². The highest BCUT2D eigenvalue weighted by Gasteiger charge is 2.33. The lowest BCUT2D eigenvalue weighted by atomic mass is 10.2. The fourth-order valence-electron chi connectivity index (χ4n) is 0.991. The first-order valence-electron chi connectivity index (χ1n) is 3.99. The average Bonchev–Trinajstić information content (AvgIpc) is 2.18. The second-order valence-corrected chi connectivity index (χ2v) is 3.78. The van der Waals surface area contributed by atoms with Gasteiger partial charge in [0.2, 0.25) is 0 Å². The fourth-order valence-corrected chi connectivity index (χ4v) is 1.55. The molecule has 0 atom stereocenters. The van der Waals surface area contributed by atoms with Crippen LogP contribution in [0.1, 0.15) is 16.1 Å². The van der Waals surface area contributed by atoms with E-state index in [9.17, 15) is 22.4 Å². The van der Waals surface area contributed by atoms with Crippen molar-refractivity contribution in [3.63, 3.8) is 0 Å². The number of ether oxygens (including phenoxy) is 1. The molecule has 1 rings (SSSR count). The van der Waals surface area contributed by atoms with Crippen LogP contribution in [-0.4, -0.2) is 22.4 Å². The first-order valence-corrected chi connectivity index (χ1v) is 5.07. The monoisotopic (exact) mass is 365 g/mol. The fraction of sp³-hybridized carbons (Fsp3) is 0.250. The molecule has 0 unspecified atom stereocenters. The molecule has 1 aromatic heterocycles. The van der Waals surface area contributed by atoms with Crippen LogP contribution in [0.3, 0.4) is 0 Å². The molecule has 9 heteroatoms. The largest absolute Gasteiger partial charge is 0.573 e. The molecule has 0 aliphatic carbocycles. The van der Waals surface area contributed by atoms with Crippen LogP contribution in [0.15, 0.2) is 6.07 Å². The molecule has 0 amide bonds. The van der Waals surface area contributed by atoms with Crippen molar-refractivity contribution >= 4 is 28.6 Å². The van der Waals surface area contributed by atoms with Crippen LogP contribution >= 0.6 is 22.6 Å². The molecule has 0 fully saturated rings. The lowest BCUT2D eigenvalue weighted by molar-refractivity contribution is -0.275. The van der Waals surface area contributed by atoms with E-state index in [1.165, 1.54) is 22.6 Å². The zero-order valence-corrected chi connectivity index (χ0v) is 10.0. The van der Waals surface area contributed by atoms with E-state index in [1.807, 2.05) is 0 Å². The molecule has 0 saturated carbocycles. The molecule has 0 spiro atoms. The van der Waals surface area contributed by atoms with E-state index in [1.54, 1.807) is 0 Å². The number of carbonyl (C=O) groups is 1. The number of pyridine rings is 1. The van der Waals surface area contributed by atoms with Gasteiger partial charge in [-0.3, -0.25) is 0 Å². The van der Waals surface area contributed by atoms with Crippen LogP contribution in [-0.2, 0) is 6.67 Å². The minimum Gasteiger partial charge on any atom is -0.478 e. The number of hydrogen-bond donors (Lipinski definition) is 1. The Morgan fingerprint density at radius 3 is 2.53 bits per heavy atom. The highest BCUT2D eigenvalue weighted by Crippen LogP contribution is 2.28. The maximum Gasteiger partial charge on any atom is 0.573 e. The van der Waals surface area contributed by atoms with Gasteiger partial charge in [-0.15, -0.1) is 13.2 Å². The predicted molar refractivity (Wildman–Crippen MR) is 55.4 cm³/mol. The van der Waals surface area contributed by atoms with Crippen molar-refractivity contribution in [2.75, 3.05) is 0 Å². The van der Waals surface area contributed by atoms with Crippen LogP contribution in [0.2, 0.25) is 0 Å². The number of carboxylic acids is 1. The van der Waals surface area contributed by atoms with E-state index in [0.29, 0.717) is 6.07 Å². The summed E-state index contributed by atoms with van der Waals surface area (Å²) in [4.78, 5) is 14.1. The van der Waals surface area contributed by atoms with Crippen LogP contribution in [0.25, 0.3) is 0 Å². The Balaban J connectivity index is 3.25. The molecule has 1 aromatic rings. The van der Waals surface area contributed by atoms with E-state index in [4.69, 9.17) is 5.11 Å². The average molecular weight is 365 g/mol. The molecule has 0 saturated heterocycles. The number of alkyl halides is 4. The van der Waals surface area contributed by atoms with E-state index < -0.39 is 36.0 Å². The van der Waals surface area contributed by atoms with Crippen molar-refractivity contribution in [1.29, 1.82) is 0 Å². The van der Waals surface area contributed by atoms with Crippen molar-refractivity contribution in [2.45, 2.75) is 13.0 Å². The summed E-state index contributed by atoms with van der Waals surface area (Å²) in [6, 6.07) is 0.597. The van der Waals surface area contributed by atoms with Gasteiger partial charge >= 0.3 is 12.3 Å². The second-order valence-electron chi connectivity index (χ2n) is 2.76. The first-order chi connectivity index (χ1) is 7.74. The lowest BCUT2D eigenvalue weighted by Crippen LogP contribution is -2.19. The number of aromatic carboxylic acids is 1. The van der Waals surface area contributed by atoms with Gasteiger partial charge in [-0.25, -0.2) is 14.2 Å². The van der Waals surface area contributed by atoms with Gasteiger partial charge in [0.25, 0.3) is 0 Å². The van der Waals surface area contributed by atoms with E-state index in [2.05, 4.69) is 9.72 Å². The highest BCUT2D eigenvalue weighted by atomic mass is 127. The smallest absolute Gasteiger partial charge is 0.478 e. The normalized spacial score (nSPS) is 11.4. The standard InChI is InChI=1S/C8H4F4INO3/c9-2-4-3(7(15)16)1-5(6(13)14-4)17-8(10,11)12/h1H,2H2,(H,15,16). The van der Waals surface area contributed by atoms with Gasteiger partial charge in [0.1, 0.15) is 10.4 Å². The third-order valence-electron chi connectivity index (χ3n) is 1.61. The molecule has 17 heavy (non-hydrogen) atoms. The number of hydrogen-bond acceptors (Lipinski definition) is 3. The van der Waals surface area contributed by atoms with Crippen molar-refractivity contribution in [1.82, 2.24) is 4.98 Å². The van der Waals surface area contributed by atoms with Crippen LogP contribution in [0, 0.1) is 3.70 Å². The maximum absolute atomic E-state index is 12.4. The van der Waals surface area contributed by atoms with E-state index >= 15 is 0 Å². The molecule has 0 radical (unpaired) electrons. The zero-order valence-electron chi connectivity index (χ0n) is 7.89. The molecule has 1 heterocycles. The summed E-state index contributed by atoms with van der Waals surface area (Å²) < 4.78 is 51.6. The molecule has 0 aromatic carbocycles. The summed E-state index contributed by atoms with van der Waals surface area (Å²) in [5, 5.41) is 8.66. The Labute approximate surface area is 106 Å². The lowest BCUT2D eigenvalue weighted by Gasteiger charge is -2.11. The van der Waals surface area contributed by atoms with Gasteiger partial charge < -0.3 is 9.84 Å². The van der Waals surface area contributed by atoms with Gasteiger partial charge in [-0.05, 0) is 28.7 Å². The molecule has 0 aliphatic heterocycles. The Hall–Kier alpha value is -1.13. The summed E-state index contributed by atoms with van der Waals surface area (Å²) in [7, 11) is 0. The summed E-state index contributed by atoms with van der Waals surface area (Å²) in [5.74, 6) is -2.35. The van der Waals surface area contributed by atoms with Gasteiger partial charge in [-0.2, -0.15) is 0 Å². The van der Waals surface area contributed by atoms with Crippen molar-refractivity contribution in [3.8, 4) is 5.75 Å². The quantitative estimate of drug-likeness (QED) is 0.509. The molecular weight excluding hydrogens is 361 g/mol. The molecule has 1 N–H and O–H groups in total. The Kier molecular flexibility index (Phi) is 4.11. The van der Waals surface area contributed by atoms with Gasteiger partial charge in [0, 0.05) is 0 Å². The summed E-state index contributed by atoms with van der Waals surface area (Å²) in [6.07, 6.45) is -4.96. The molecule has 0 aliphatic rings. The number of carboxylic acid groups (broad SMARTS) is 1. The van der Waals surface area contributed by atoms with Crippen LogP contribution in [0.5, 0.6) is 5.75 Å². The third kappa shape index (κ3) is 3.68. The number of nitrogens with zero attached hydrogens (tertiary/aromatic N) is 1. The summed E-state index contributed by atoms with van der Waals surface area (Å²) in [6.45, 7) is -1.19.